The van der Waals surface area contributed by atoms with Crippen LogP contribution in [0.25, 0.3) is 10.8 Å². The first-order valence-electron chi connectivity index (χ1n) is 8.42. The molecule has 3 rings (SSSR count). The van der Waals surface area contributed by atoms with Crippen LogP contribution in [0.5, 0.6) is 0 Å². The van der Waals surface area contributed by atoms with E-state index in [4.69, 9.17) is 0 Å². The molecule has 2 unspecified atom stereocenters. The molecule has 0 bridgehead atoms. The van der Waals surface area contributed by atoms with Crippen LogP contribution in [0.15, 0.2) is 72.8 Å². The third-order valence-electron chi connectivity index (χ3n) is 4.53. The number of fused-ring (bicyclic) bond motifs is 1. The van der Waals surface area contributed by atoms with Gasteiger partial charge in [0.05, 0.1) is 11.7 Å². The van der Waals surface area contributed by atoms with Gasteiger partial charge in [0.2, 0.25) is 0 Å². The molecule has 129 valence electrons. The highest BCUT2D eigenvalue weighted by atomic mass is 31.2. The van der Waals surface area contributed by atoms with Crippen LogP contribution in [0.4, 0.5) is 0 Å². The maximum absolute atomic E-state index is 12.8. The fourth-order valence-corrected chi connectivity index (χ4v) is 4.78. The van der Waals surface area contributed by atoms with Gasteiger partial charge in [-0.15, -0.1) is 0 Å². The minimum atomic E-state index is -3.59. The van der Waals surface area contributed by atoms with Crippen LogP contribution < -0.4 is 5.09 Å². The van der Waals surface area contributed by atoms with E-state index in [1.54, 1.807) is 0 Å². The topological polar surface area (TPSA) is 49.3 Å². The molecule has 25 heavy (non-hydrogen) atoms. The van der Waals surface area contributed by atoms with Gasteiger partial charge in [-0.3, -0.25) is 4.57 Å². The van der Waals surface area contributed by atoms with Crippen molar-refractivity contribution in [1.29, 1.82) is 0 Å². The Labute approximate surface area is 149 Å². The molecule has 0 aliphatic rings. The van der Waals surface area contributed by atoms with E-state index >= 15 is 0 Å². The number of hydrogen-bond acceptors (Lipinski definition) is 1. The van der Waals surface area contributed by atoms with Gasteiger partial charge >= 0.3 is 0 Å². The summed E-state index contributed by atoms with van der Waals surface area (Å²) < 4.78 is 12.8. The van der Waals surface area contributed by atoms with E-state index in [9.17, 15) is 9.46 Å². The molecule has 1 radical (unpaired) electrons. The van der Waals surface area contributed by atoms with Gasteiger partial charge in [-0.1, -0.05) is 73.7 Å². The SMILES string of the molecule is [CH2]C(CC)(NP(=O)(O)Cc1ccccc1)c1ccc2ccccc2c1. The highest BCUT2D eigenvalue weighted by Gasteiger charge is 2.33. The summed E-state index contributed by atoms with van der Waals surface area (Å²) in [6, 6.07) is 23.5. The van der Waals surface area contributed by atoms with Crippen molar-refractivity contribution in [3.8, 4) is 0 Å². The Balaban J connectivity index is 1.89. The van der Waals surface area contributed by atoms with Crippen molar-refractivity contribution in [2.24, 2.45) is 0 Å². The number of hydrogen-bond donors (Lipinski definition) is 2. The summed E-state index contributed by atoms with van der Waals surface area (Å²) in [5.41, 5.74) is 0.928. The average Bonchev–Trinajstić information content (AvgIpc) is 2.61. The first-order valence-corrected chi connectivity index (χ1v) is 10.3. The van der Waals surface area contributed by atoms with Crippen molar-refractivity contribution >= 4 is 18.3 Å². The van der Waals surface area contributed by atoms with Gasteiger partial charge in [0.1, 0.15) is 0 Å². The van der Waals surface area contributed by atoms with Crippen LogP contribution in [0, 0.1) is 6.92 Å². The second kappa shape index (κ2) is 7.13. The molecule has 0 saturated carbocycles. The molecule has 2 atom stereocenters. The molecule has 0 aromatic heterocycles. The van der Waals surface area contributed by atoms with E-state index in [2.05, 4.69) is 18.1 Å². The molecule has 0 spiro atoms. The highest BCUT2D eigenvalue weighted by Crippen LogP contribution is 2.45. The quantitative estimate of drug-likeness (QED) is 0.595. The van der Waals surface area contributed by atoms with Gasteiger partial charge in [-0.2, -0.15) is 0 Å². The predicted molar refractivity (Wildman–Crippen MR) is 104 cm³/mol. The van der Waals surface area contributed by atoms with Gasteiger partial charge in [0.25, 0.3) is 7.52 Å². The Morgan fingerprint density at radius 1 is 1.00 bits per heavy atom. The molecular formula is C21H23NO2P. The van der Waals surface area contributed by atoms with E-state index in [0.29, 0.717) is 6.42 Å². The van der Waals surface area contributed by atoms with Gasteiger partial charge in [0, 0.05) is 0 Å². The molecule has 3 nitrogen and oxygen atoms in total. The van der Waals surface area contributed by atoms with Crippen molar-refractivity contribution < 1.29 is 9.46 Å². The zero-order valence-electron chi connectivity index (χ0n) is 14.4. The Morgan fingerprint density at radius 2 is 1.64 bits per heavy atom. The van der Waals surface area contributed by atoms with E-state index in [1.165, 1.54) is 0 Å². The fourth-order valence-electron chi connectivity index (χ4n) is 3.04. The molecule has 3 aromatic rings. The molecule has 0 aliphatic heterocycles. The van der Waals surface area contributed by atoms with Gasteiger partial charge in [-0.25, -0.2) is 5.09 Å². The fraction of sp³-hybridized carbons (Fsp3) is 0.190. The molecule has 0 aliphatic carbocycles. The Hall–Kier alpha value is -1.93. The minimum Gasteiger partial charge on any atom is -0.333 e. The predicted octanol–water partition coefficient (Wildman–Crippen LogP) is 5.25. The second-order valence-electron chi connectivity index (χ2n) is 6.45. The molecular weight excluding hydrogens is 329 g/mol. The van der Waals surface area contributed by atoms with Crippen LogP contribution in [-0.2, 0) is 16.3 Å². The minimum absolute atomic E-state index is 0.0820. The summed E-state index contributed by atoms with van der Waals surface area (Å²) >= 11 is 0. The lowest BCUT2D eigenvalue weighted by Crippen LogP contribution is -2.37. The molecule has 0 saturated heterocycles. The van der Waals surface area contributed by atoms with Gasteiger partial charge in [0.15, 0.2) is 0 Å². The lowest BCUT2D eigenvalue weighted by Gasteiger charge is -2.33. The second-order valence-corrected chi connectivity index (χ2v) is 8.40. The number of benzene rings is 3. The Kier molecular flexibility index (Phi) is 5.10. The summed E-state index contributed by atoms with van der Waals surface area (Å²) in [5, 5.41) is 5.19. The van der Waals surface area contributed by atoms with Crippen molar-refractivity contribution in [2.75, 3.05) is 0 Å². The van der Waals surface area contributed by atoms with E-state index < -0.39 is 13.1 Å². The van der Waals surface area contributed by atoms with Crippen molar-refractivity contribution in [3.63, 3.8) is 0 Å². The number of rotatable bonds is 6. The lowest BCUT2D eigenvalue weighted by molar-refractivity contribution is 0.404. The lowest BCUT2D eigenvalue weighted by atomic mass is 9.89. The summed E-state index contributed by atoms with van der Waals surface area (Å²) in [7, 11) is -3.59. The standard InChI is InChI=1S/C21H23NO2P/c1-3-21(2,20-14-13-18-11-7-8-12-19(18)15-20)22-25(23,24)16-17-9-5-4-6-10-17/h4-15H,2-3,16H2,1H3,(H2,22,23,24). The third-order valence-corrected chi connectivity index (χ3v) is 6.11. The maximum atomic E-state index is 12.8. The summed E-state index contributed by atoms with van der Waals surface area (Å²) in [4.78, 5) is 10.5. The van der Waals surface area contributed by atoms with Crippen molar-refractivity contribution in [1.82, 2.24) is 5.09 Å². The Bertz CT molecular complexity index is 910. The molecule has 3 aromatic carbocycles. The van der Waals surface area contributed by atoms with Crippen LogP contribution in [0.2, 0.25) is 0 Å². The molecule has 0 heterocycles. The normalized spacial score (nSPS) is 16.3. The smallest absolute Gasteiger partial charge is 0.272 e. The van der Waals surface area contributed by atoms with Gasteiger partial charge in [-0.05, 0) is 41.3 Å². The first-order chi connectivity index (χ1) is 11.9. The zero-order chi connectivity index (χ0) is 17.9. The van der Waals surface area contributed by atoms with Gasteiger partial charge < -0.3 is 4.89 Å². The van der Waals surface area contributed by atoms with Crippen molar-refractivity contribution in [3.05, 3.63) is 90.8 Å². The highest BCUT2D eigenvalue weighted by molar-refractivity contribution is 7.55. The van der Waals surface area contributed by atoms with E-state index in [0.717, 1.165) is 21.9 Å². The first kappa shape index (κ1) is 17.9. The molecule has 0 fully saturated rings. The zero-order valence-corrected chi connectivity index (χ0v) is 15.2. The molecule has 0 amide bonds. The number of nitrogens with one attached hydrogen (secondary N) is 1. The average molecular weight is 352 g/mol. The molecule has 2 N–H and O–H groups in total. The maximum Gasteiger partial charge on any atom is 0.272 e. The summed E-state index contributed by atoms with van der Waals surface area (Å²) in [5.74, 6) is 0. The van der Waals surface area contributed by atoms with Crippen LogP contribution in [0.1, 0.15) is 24.5 Å². The van der Waals surface area contributed by atoms with E-state index in [1.807, 2.05) is 73.7 Å². The third kappa shape index (κ3) is 4.19. The van der Waals surface area contributed by atoms with Crippen LogP contribution >= 0.6 is 7.52 Å². The summed E-state index contributed by atoms with van der Waals surface area (Å²) in [6.07, 6.45) is 0.684. The summed E-state index contributed by atoms with van der Waals surface area (Å²) in [6.45, 7) is 6.22. The monoisotopic (exact) mass is 352 g/mol. The molecule has 4 heteroatoms. The Morgan fingerprint density at radius 3 is 2.32 bits per heavy atom. The van der Waals surface area contributed by atoms with Crippen molar-refractivity contribution in [2.45, 2.75) is 25.0 Å². The van der Waals surface area contributed by atoms with Crippen LogP contribution in [-0.4, -0.2) is 4.89 Å². The van der Waals surface area contributed by atoms with E-state index in [-0.39, 0.29) is 6.16 Å². The largest absolute Gasteiger partial charge is 0.333 e. The van der Waals surface area contributed by atoms with Crippen LogP contribution in [0.3, 0.4) is 0 Å².